The monoisotopic (exact) mass is 402 g/mol. The maximum Gasteiger partial charge on any atom is 0.264 e. The number of nitrogens with zero attached hydrogens (tertiary/aromatic N) is 1. The van der Waals surface area contributed by atoms with Crippen LogP contribution in [0.5, 0.6) is 0 Å². The Morgan fingerprint density at radius 3 is 2.45 bits per heavy atom. The molecule has 5 heteroatoms. The van der Waals surface area contributed by atoms with Gasteiger partial charge in [-0.05, 0) is 48.1 Å². The molecular formula is C24H22N2O2S. The summed E-state index contributed by atoms with van der Waals surface area (Å²) in [7, 11) is 0. The van der Waals surface area contributed by atoms with Crippen LogP contribution in [-0.2, 0) is 13.1 Å². The van der Waals surface area contributed by atoms with Crippen molar-refractivity contribution in [3.8, 4) is 0 Å². The first-order valence-electron chi connectivity index (χ1n) is 9.52. The van der Waals surface area contributed by atoms with Crippen LogP contribution in [0.15, 0.2) is 70.8 Å². The molecule has 2 heterocycles. The smallest absolute Gasteiger partial charge is 0.264 e. The summed E-state index contributed by atoms with van der Waals surface area (Å²) in [5.41, 5.74) is 4.46. The Morgan fingerprint density at radius 1 is 0.966 bits per heavy atom. The number of aromatic nitrogens is 1. The average molecular weight is 403 g/mol. The number of amides is 1. The van der Waals surface area contributed by atoms with Gasteiger partial charge in [-0.25, -0.2) is 0 Å². The number of benzene rings is 2. The molecule has 0 bridgehead atoms. The number of nitrogens with one attached hydrogen (secondary N) is 1. The third kappa shape index (κ3) is 4.00. The van der Waals surface area contributed by atoms with E-state index in [9.17, 15) is 9.59 Å². The Labute approximate surface area is 173 Å². The standard InChI is InChI=1S/C24H22N2O2S/c1-16-10-11-17(2)22-20(16)13-19(23(27)25-22)15-26(14-18-7-4-3-5-8-18)24(28)21-9-6-12-29-21/h3-13H,14-15H2,1-2H3,(H,25,27). The Bertz CT molecular complexity index is 1210. The third-order valence-corrected chi connectivity index (χ3v) is 5.98. The third-order valence-electron chi connectivity index (χ3n) is 5.12. The Morgan fingerprint density at radius 2 is 1.72 bits per heavy atom. The van der Waals surface area contributed by atoms with Crippen LogP contribution in [0.4, 0.5) is 0 Å². The highest BCUT2D eigenvalue weighted by Crippen LogP contribution is 2.22. The van der Waals surface area contributed by atoms with E-state index in [4.69, 9.17) is 0 Å². The largest absolute Gasteiger partial charge is 0.329 e. The summed E-state index contributed by atoms with van der Waals surface area (Å²) in [4.78, 5) is 31.4. The van der Waals surface area contributed by atoms with E-state index < -0.39 is 0 Å². The van der Waals surface area contributed by atoms with Gasteiger partial charge in [-0.15, -0.1) is 11.3 Å². The molecule has 0 saturated carbocycles. The molecule has 0 unspecified atom stereocenters. The number of rotatable bonds is 5. The van der Waals surface area contributed by atoms with Crippen LogP contribution in [0.2, 0.25) is 0 Å². The second-order valence-corrected chi connectivity index (χ2v) is 8.18. The maximum atomic E-state index is 13.1. The molecule has 4 rings (SSSR count). The number of aryl methyl sites for hydroxylation is 2. The first-order valence-corrected chi connectivity index (χ1v) is 10.4. The number of hydrogen-bond donors (Lipinski definition) is 1. The summed E-state index contributed by atoms with van der Waals surface area (Å²) in [6.45, 7) is 4.72. The van der Waals surface area contributed by atoms with Crippen molar-refractivity contribution in [3.05, 3.63) is 104 Å². The molecule has 29 heavy (non-hydrogen) atoms. The molecule has 0 radical (unpaired) electrons. The number of carbonyl (C=O) groups excluding carboxylic acids is 1. The fraction of sp³-hybridized carbons (Fsp3) is 0.167. The van der Waals surface area contributed by atoms with Crippen LogP contribution in [0.3, 0.4) is 0 Å². The van der Waals surface area contributed by atoms with E-state index in [0.717, 1.165) is 27.6 Å². The van der Waals surface area contributed by atoms with Gasteiger partial charge in [-0.2, -0.15) is 0 Å². The number of fused-ring (bicyclic) bond motifs is 1. The van der Waals surface area contributed by atoms with Crippen molar-refractivity contribution in [1.82, 2.24) is 9.88 Å². The predicted molar refractivity (Wildman–Crippen MR) is 118 cm³/mol. The summed E-state index contributed by atoms with van der Waals surface area (Å²) < 4.78 is 0. The summed E-state index contributed by atoms with van der Waals surface area (Å²) in [5.74, 6) is -0.0654. The molecule has 0 spiro atoms. The van der Waals surface area contributed by atoms with Crippen molar-refractivity contribution in [2.45, 2.75) is 26.9 Å². The van der Waals surface area contributed by atoms with Crippen LogP contribution in [0, 0.1) is 13.8 Å². The topological polar surface area (TPSA) is 53.2 Å². The van der Waals surface area contributed by atoms with Gasteiger partial charge < -0.3 is 9.88 Å². The number of carbonyl (C=O) groups is 1. The van der Waals surface area contributed by atoms with Gasteiger partial charge in [0.15, 0.2) is 0 Å². The molecule has 4 nitrogen and oxygen atoms in total. The number of thiophene rings is 1. The molecule has 2 aromatic carbocycles. The van der Waals surface area contributed by atoms with Gasteiger partial charge in [0, 0.05) is 17.5 Å². The maximum absolute atomic E-state index is 13.1. The fourth-order valence-electron chi connectivity index (χ4n) is 3.50. The fourth-order valence-corrected chi connectivity index (χ4v) is 4.19. The summed E-state index contributed by atoms with van der Waals surface area (Å²) in [6.07, 6.45) is 0. The zero-order chi connectivity index (χ0) is 20.4. The molecule has 4 aromatic rings. The van der Waals surface area contributed by atoms with Crippen molar-refractivity contribution in [3.63, 3.8) is 0 Å². The second-order valence-electron chi connectivity index (χ2n) is 7.24. The van der Waals surface area contributed by atoms with Gasteiger partial charge in [-0.3, -0.25) is 9.59 Å². The highest BCUT2D eigenvalue weighted by Gasteiger charge is 2.19. The van der Waals surface area contributed by atoms with Gasteiger partial charge in [0.1, 0.15) is 0 Å². The van der Waals surface area contributed by atoms with Crippen molar-refractivity contribution in [1.29, 1.82) is 0 Å². The lowest BCUT2D eigenvalue weighted by atomic mass is 10.0. The summed E-state index contributed by atoms with van der Waals surface area (Å²) >= 11 is 1.41. The van der Waals surface area contributed by atoms with E-state index in [2.05, 4.69) is 11.1 Å². The molecule has 0 atom stereocenters. The van der Waals surface area contributed by atoms with Crippen LogP contribution < -0.4 is 5.56 Å². The molecule has 146 valence electrons. The normalized spacial score (nSPS) is 11.0. The average Bonchev–Trinajstić information content (AvgIpc) is 3.26. The minimum Gasteiger partial charge on any atom is -0.329 e. The van der Waals surface area contributed by atoms with Gasteiger partial charge in [0.25, 0.3) is 11.5 Å². The van der Waals surface area contributed by atoms with Crippen molar-refractivity contribution in [2.24, 2.45) is 0 Å². The molecule has 0 aliphatic rings. The van der Waals surface area contributed by atoms with E-state index in [1.165, 1.54) is 11.3 Å². The van der Waals surface area contributed by atoms with Crippen LogP contribution in [0.25, 0.3) is 10.9 Å². The van der Waals surface area contributed by atoms with Crippen LogP contribution in [0.1, 0.15) is 31.9 Å². The summed E-state index contributed by atoms with van der Waals surface area (Å²) in [5, 5.41) is 2.91. The van der Waals surface area contributed by atoms with Crippen LogP contribution in [-0.4, -0.2) is 15.8 Å². The Balaban J connectivity index is 1.74. The predicted octanol–water partition coefficient (Wildman–Crippen LogP) is 5.05. The van der Waals surface area contributed by atoms with E-state index >= 15 is 0 Å². The zero-order valence-corrected chi connectivity index (χ0v) is 17.3. The molecule has 0 fully saturated rings. The van der Waals surface area contributed by atoms with E-state index in [-0.39, 0.29) is 18.0 Å². The molecule has 0 saturated heterocycles. The first kappa shape index (κ1) is 19.2. The number of H-pyrrole nitrogens is 1. The van der Waals surface area contributed by atoms with Gasteiger partial charge in [-0.1, -0.05) is 48.5 Å². The molecule has 2 aromatic heterocycles. The minimum atomic E-state index is -0.150. The lowest BCUT2D eigenvalue weighted by Crippen LogP contribution is -2.32. The second kappa shape index (κ2) is 8.05. The molecule has 1 amide bonds. The van der Waals surface area contributed by atoms with Gasteiger partial charge in [0.2, 0.25) is 0 Å². The van der Waals surface area contributed by atoms with E-state index in [0.29, 0.717) is 17.0 Å². The number of pyridine rings is 1. The molecule has 0 aliphatic heterocycles. The van der Waals surface area contributed by atoms with Crippen molar-refractivity contribution >= 4 is 28.1 Å². The van der Waals surface area contributed by atoms with Crippen LogP contribution >= 0.6 is 11.3 Å². The van der Waals surface area contributed by atoms with Crippen molar-refractivity contribution in [2.75, 3.05) is 0 Å². The molecular weight excluding hydrogens is 380 g/mol. The Hall–Kier alpha value is -3.18. The Kier molecular flexibility index (Phi) is 5.32. The lowest BCUT2D eigenvalue weighted by Gasteiger charge is -2.22. The highest BCUT2D eigenvalue weighted by atomic mass is 32.1. The zero-order valence-electron chi connectivity index (χ0n) is 16.4. The minimum absolute atomic E-state index is 0.0654. The summed E-state index contributed by atoms with van der Waals surface area (Å²) in [6, 6.07) is 19.5. The number of hydrogen-bond acceptors (Lipinski definition) is 3. The van der Waals surface area contributed by atoms with Crippen molar-refractivity contribution < 1.29 is 4.79 Å². The van der Waals surface area contributed by atoms with Gasteiger partial charge in [0.05, 0.1) is 16.9 Å². The van der Waals surface area contributed by atoms with E-state index in [1.54, 1.807) is 4.90 Å². The van der Waals surface area contributed by atoms with E-state index in [1.807, 2.05) is 73.8 Å². The number of aromatic amines is 1. The molecule has 1 N–H and O–H groups in total. The first-order chi connectivity index (χ1) is 14.0. The molecule has 0 aliphatic carbocycles. The van der Waals surface area contributed by atoms with Gasteiger partial charge >= 0.3 is 0 Å². The highest BCUT2D eigenvalue weighted by molar-refractivity contribution is 7.12. The lowest BCUT2D eigenvalue weighted by molar-refractivity contribution is 0.0734. The quantitative estimate of drug-likeness (QED) is 0.508. The SMILES string of the molecule is Cc1ccc(C)c2[nH]c(=O)c(CN(Cc3ccccc3)C(=O)c3cccs3)cc12.